The SMILES string of the molecule is CC1(C)c2ccc(N(c3cccc(-c4ccccc4)c3)c3cccc4oc5ccccc5c34)cc2-c2c(-c3ccccc3)cccc21. The molecule has 9 rings (SSSR count). The van der Waals surface area contributed by atoms with Crippen molar-refractivity contribution < 1.29 is 4.42 Å². The van der Waals surface area contributed by atoms with Crippen molar-refractivity contribution in [2.75, 3.05) is 4.90 Å². The summed E-state index contributed by atoms with van der Waals surface area (Å²) >= 11 is 0. The summed E-state index contributed by atoms with van der Waals surface area (Å²) in [6, 6.07) is 58.9. The Hall–Kier alpha value is -5.86. The first-order chi connectivity index (χ1) is 23.1. The highest BCUT2D eigenvalue weighted by Crippen LogP contribution is 2.54. The van der Waals surface area contributed by atoms with Crippen molar-refractivity contribution in [3.63, 3.8) is 0 Å². The number of para-hydroxylation sites is 1. The predicted molar refractivity (Wildman–Crippen MR) is 197 cm³/mol. The number of rotatable bonds is 5. The van der Waals surface area contributed by atoms with Crippen molar-refractivity contribution >= 4 is 39.0 Å². The number of benzene rings is 7. The molecule has 224 valence electrons. The van der Waals surface area contributed by atoms with Gasteiger partial charge in [-0.05, 0) is 87.0 Å². The first-order valence-corrected chi connectivity index (χ1v) is 16.3. The summed E-state index contributed by atoms with van der Waals surface area (Å²) in [7, 11) is 0. The number of hydrogen-bond acceptors (Lipinski definition) is 2. The second-order valence-corrected chi connectivity index (χ2v) is 12.9. The molecule has 0 aliphatic heterocycles. The van der Waals surface area contributed by atoms with E-state index in [2.05, 4.69) is 176 Å². The Kier molecular flexibility index (Phi) is 6.20. The maximum Gasteiger partial charge on any atom is 0.137 e. The number of fused-ring (bicyclic) bond motifs is 6. The van der Waals surface area contributed by atoms with Crippen LogP contribution in [0.5, 0.6) is 0 Å². The monoisotopic (exact) mass is 603 g/mol. The summed E-state index contributed by atoms with van der Waals surface area (Å²) in [5, 5.41) is 2.22. The van der Waals surface area contributed by atoms with Crippen LogP contribution in [0.1, 0.15) is 25.0 Å². The van der Waals surface area contributed by atoms with Gasteiger partial charge in [-0.2, -0.15) is 0 Å². The van der Waals surface area contributed by atoms with Crippen LogP contribution in [0, 0.1) is 0 Å². The summed E-state index contributed by atoms with van der Waals surface area (Å²) in [5.41, 5.74) is 15.2. The Bertz CT molecular complexity index is 2440. The lowest BCUT2D eigenvalue weighted by atomic mass is 9.82. The molecule has 0 amide bonds. The van der Waals surface area contributed by atoms with Crippen LogP contribution in [-0.2, 0) is 5.41 Å². The smallest absolute Gasteiger partial charge is 0.137 e. The average Bonchev–Trinajstić information content (AvgIpc) is 3.62. The molecule has 1 aromatic heterocycles. The number of furan rings is 1. The highest BCUT2D eigenvalue weighted by Gasteiger charge is 2.37. The molecule has 0 saturated heterocycles. The van der Waals surface area contributed by atoms with Gasteiger partial charge in [-0.1, -0.05) is 135 Å². The first kappa shape index (κ1) is 27.5. The molecule has 8 aromatic rings. The lowest BCUT2D eigenvalue weighted by Crippen LogP contribution is -2.15. The Morgan fingerprint density at radius 3 is 1.96 bits per heavy atom. The fourth-order valence-corrected chi connectivity index (χ4v) is 7.61. The lowest BCUT2D eigenvalue weighted by Gasteiger charge is -2.28. The largest absolute Gasteiger partial charge is 0.456 e. The summed E-state index contributed by atoms with van der Waals surface area (Å²) in [4.78, 5) is 2.41. The van der Waals surface area contributed by atoms with E-state index >= 15 is 0 Å². The van der Waals surface area contributed by atoms with Crippen molar-refractivity contribution in [1.29, 1.82) is 0 Å². The summed E-state index contributed by atoms with van der Waals surface area (Å²) < 4.78 is 6.39. The molecule has 0 N–H and O–H groups in total. The van der Waals surface area contributed by atoms with E-state index in [1.807, 2.05) is 6.07 Å². The van der Waals surface area contributed by atoms with Gasteiger partial charge < -0.3 is 9.32 Å². The zero-order valence-corrected chi connectivity index (χ0v) is 26.4. The van der Waals surface area contributed by atoms with E-state index in [0.717, 1.165) is 39.0 Å². The van der Waals surface area contributed by atoms with E-state index in [1.165, 1.54) is 44.5 Å². The van der Waals surface area contributed by atoms with Gasteiger partial charge in [0.05, 0.1) is 11.1 Å². The van der Waals surface area contributed by atoms with Gasteiger partial charge in [0.1, 0.15) is 11.2 Å². The average molecular weight is 604 g/mol. The highest BCUT2D eigenvalue weighted by atomic mass is 16.3. The molecule has 0 atom stereocenters. The van der Waals surface area contributed by atoms with Crippen molar-refractivity contribution in [3.05, 3.63) is 175 Å². The number of hydrogen-bond donors (Lipinski definition) is 0. The van der Waals surface area contributed by atoms with E-state index in [4.69, 9.17) is 4.42 Å². The molecule has 1 aliphatic carbocycles. The molecule has 7 aromatic carbocycles. The van der Waals surface area contributed by atoms with Crippen molar-refractivity contribution in [3.8, 4) is 33.4 Å². The van der Waals surface area contributed by atoms with Gasteiger partial charge >= 0.3 is 0 Å². The minimum Gasteiger partial charge on any atom is -0.456 e. The van der Waals surface area contributed by atoms with Crippen molar-refractivity contribution in [2.24, 2.45) is 0 Å². The second kappa shape index (κ2) is 10.6. The topological polar surface area (TPSA) is 16.4 Å². The Morgan fingerprint density at radius 1 is 0.468 bits per heavy atom. The first-order valence-electron chi connectivity index (χ1n) is 16.3. The zero-order valence-electron chi connectivity index (χ0n) is 26.4. The summed E-state index contributed by atoms with van der Waals surface area (Å²) in [6.45, 7) is 4.71. The molecule has 1 heterocycles. The van der Waals surface area contributed by atoms with E-state index in [9.17, 15) is 0 Å². The van der Waals surface area contributed by atoms with E-state index in [0.29, 0.717) is 0 Å². The maximum absolute atomic E-state index is 6.39. The molecule has 0 radical (unpaired) electrons. The van der Waals surface area contributed by atoms with Gasteiger partial charge in [0, 0.05) is 22.2 Å². The molecular formula is C45H33NO. The third-order valence-electron chi connectivity index (χ3n) is 9.86. The van der Waals surface area contributed by atoms with Crippen LogP contribution >= 0.6 is 0 Å². The Balaban J connectivity index is 1.32. The van der Waals surface area contributed by atoms with E-state index in [-0.39, 0.29) is 5.41 Å². The maximum atomic E-state index is 6.39. The molecule has 47 heavy (non-hydrogen) atoms. The molecule has 0 spiro atoms. The standard InChI is InChI=1S/C45H33NO/c1-45(2)38-27-26-34(29-37(38)43-35(21-12-22-39(43)45)31-16-7-4-8-17-31)46(33-19-11-18-32(28-33)30-14-5-3-6-15-30)40-23-13-25-42-44(40)36-20-9-10-24-41(36)47-42/h3-29H,1-2H3. The molecule has 0 saturated carbocycles. The highest BCUT2D eigenvalue weighted by molar-refractivity contribution is 6.13. The lowest BCUT2D eigenvalue weighted by molar-refractivity contribution is 0.660. The second-order valence-electron chi connectivity index (χ2n) is 12.9. The Morgan fingerprint density at radius 2 is 1.13 bits per heavy atom. The van der Waals surface area contributed by atoms with Crippen LogP contribution in [0.4, 0.5) is 17.1 Å². The molecule has 2 heteroatoms. The molecule has 2 nitrogen and oxygen atoms in total. The minimum absolute atomic E-state index is 0.118. The van der Waals surface area contributed by atoms with Crippen LogP contribution < -0.4 is 4.90 Å². The third-order valence-corrected chi connectivity index (χ3v) is 9.86. The van der Waals surface area contributed by atoms with Crippen LogP contribution in [0.2, 0.25) is 0 Å². The van der Waals surface area contributed by atoms with E-state index in [1.54, 1.807) is 0 Å². The van der Waals surface area contributed by atoms with Gasteiger partial charge in [-0.3, -0.25) is 0 Å². The fourth-order valence-electron chi connectivity index (χ4n) is 7.61. The third kappa shape index (κ3) is 4.33. The van der Waals surface area contributed by atoms with Gasteiger partial charge in [0.15, 0.2) is 0 Å². The van der Waals surface area contributed by atoms with Crippen LogP contribution in [-0.4, -0.2) is 0 Å². The van der Waals surface area contributed by atoms with Crippen molar-refractivity contribution in [1.82, 2.24) is 0 Å². The molecule has 0 fully saturated rings. The molecular weight excluding hydrogens is 571 g/mol. The Labute approximate surface area is 275 Å². The quantitative estimate of drug-likeness (QED) is 0.195. The van der Waals surface area contributed by atoms with Gasteiger partial charge in [0.25, 0.3) is 0 Å². The van der Waals surface area contributed by atoms with Gasteiger partial charge in [0.2, 0.25) is 0 Å². The van der Waals surface area contributed by atoms with E-state index < -0.39 is 0 Å². The predicted octanol–water partition coefficient (Wildman–Crippen LogP) is 12.7. The normalized spacial score (nSPS) is 13.1. The minimum atomic E-state index is -0.118. The van der Waals surface area contributed by atoms with Gasteiger partial charge in [-0.15, -0.1) is 0 Å². The van der Waals surface area contributed by atoms with Crippen LogP contribution in [0.15, 0.2) is 168 Å². The summed E-state index contributed by atoms with van der Waals surface area (Å²) in [5.74, 6) is 0. The molecule has 0 unspecified atom stereocenters. The zero-order chi connectivity index (χ0) is 31.5. The van der Waals surface area contributed by atoms with Gasteiger partial charge in [-0.25, -0.2) is 0 Å². The number of anilines is 3. The molecule has 1 aliphatic rings. The van der Waals surface area contributed by atoms with Crippen molar-refractivity contribution in [2.45, 2.75) is 19.3 Å². The number of nitrogens with zero attached hydrogens (tertiary/aromatic N) is 1. The summed E-state index contributed by atoms with van der Waals surface area (Å²) in [6.07, 6.45) is 0. The molecule has 0 bridgehead atoms. The van der Waals surface area contributed by atoms with Crippen LogP contribution in [0.25, 0.3) is 55.3 Å². The van der Waals surface area contributed by atoms with Crippen LogP contribution in [0.3, 0.4) is 0 Å². The fraction of sp³-hybridized carbons (Fsp3) is 0.0667.